The first-order chi connectivity index (χ1) is 11.2. The Morgan fingerprint density at radius 2 is 1.70 bits per heavy atom. The third-order valence-corrected chi connectivity index (χ3v) is 4.27. The zero-order valence-corrected chi connectivity index (χ0v) is 14.0. The second-order valence-electron chi connectivity index (χ2n) is 5.80. The third kappa shape index (κ3) is 6.36. The van der Waals surface area contributed by atoms with Crippen LogP contribution in [0.4, 0.5) is 0 Å². The summed E-state index contributed by atoms with van der Waals surface area (Å²) in [5, 5.41) is 24.5. The molecule has 1 aromatic carbocycles. The molecule has 0 unspecified atom stereocenters. The van der Waals surface area contributed by atoms with Crippen molar-refractivity contribution in [1.82, 2.24) is 10.6 Å². The lowest BCUT2D eigenvalue weighted by atomic mass is 10.1. The van der Waals surface area contributed by atoms with Crippen LogP contribution >= 0.6 is 11.6 Å². The lowest BCUT2D eigenvalue weighted by molar-refractivity contribution is 0.137. The van der Waals surface area contributed by atoms with Gasteiger partial charge in [0.2, 0.25) is 0 Å². The molecule has 5 nitrogen and oxygen atoms in total. The van der Waals surface area contributed by atoms with E-state index in [1.807, 2.05) is 6.07 Å². The zero-order chi connectivity index (χ0) is 16.5. The minimum atomic E-state index is -0.0266. The van der Waals surface area contributed by atoms with Crippen molar-refractivity contribution in [2.75, 3.05) is 26.2 Å². The number of hydrogen-bond acceptors (Lipinski definition) is 5. The van der Waals surface area contributed by atoms with Crippen molar-refractivity contribution in [1.29, 1.82) is 5.26 Å². The molecule has 2 saturated heterocycles. The Kier molecular flexibility index (Phi) is 7.63. The molecule has 3 rings (SSSR count). The second-order valence-corrected chi connectivity index (χ2v) is 6.21. The Labute approximate surface area is 142 Å². The summed E-state index contributed by atoms with van der Waals surface area (Å²) in [7, 11) is 0. The number of rotatable bonds is 2. The number of halogens is 1. The van der Waals surface area contributed by atoms with Crippen molar-refractivity contribution in [2.45, 2.75) is 37.9 Å². The number of ether oxygens (including phenoxy) is 1. The fourth-order valence-corrected chi connectivity index (χ4v) is 2.79. The lowest BCUT2D eigenvalue weighted by Gasteiger charge is -2.23. The minimum absolute atomic E-state index is 0.0266. The number of nitrogens with zero attached hydrogens (tertiary/aromatic N) is 1. The molecular weight excluding hydrogens is 314 g/mol. The van der Waals surface area contributed by atoms with E-state index in [0.717, 1.165) is 57.6 Å². The molecule has 0 spiro atoms. The third-order valence-electron chi connectivity index (χ3n) is 3.96. The van der Waals surface area contributed by atoms with Crippen LogP contribution in [0.1, 0.15) is 31.2 Å². The number of hydrogen-bond donors (Lipinski definition) is 3. The van der Waals surface area contributed by atoms with Gasteiger partial charge in [-0.2, -0.15) is 5.26 Å². The van der Waals surface area contributed by atoms with Gasteiger partial charge >= 0.3 is 0 Å². The van der Waals surface area contributed by atoms with Gasteiger partial charge in [-0.25, -0.2) is 0 Å². The summed E-state index contributed by atoms with van der Waals surface area (Å²) >= 11 is 5.93. The Hall–Kier alpha value is -1.32. The summed E-state index contributed by atoms with van der Waals surface area (Å²) in [5.41, 5.74) is 0.485. The first kappa shape index (κ1) is 18.0. The molecule has 0 radical (unpaired) electrons. The molecule has 3 N–H and O–H groups in total. The topological polar surface area (TPSA) is 77.3 Å². The predicted molar refractivity (Wildman–Crippen MR) is 90.8 cm³/mol. The van der Waals surface area contributed by atoms with Gasteiger partial charge in [0.15, 0.2) is 0 Å². The second kappa shape index (κ2) is 9.74. The van der Waals surface area contributed by atoms with E-state index < -0.39 is 0 Å². The van der Waals surface area contributed by atoms with Crippen LogP contribution in [0, 0.1) is 11.3 Å². The van der Waals surface area contributed by atoms with Crippen LogP contribution in [-0.4, -0.2) is 43.5 Å². The first-order valence-electron chi connectivity index (χ1n) is 8.15. The summed E-state index contributed by atoms with van der Waals surface area (Å²) < 4.78 is 5.80. The maximum Gasteiger partial charge on any atom is 0.121 e. The van der Waals surface area contributed by atoms with Crippen LogP contribution in [0.5, 0.6) is 5.75 Å². The molecule has 2 fully saturated rings. The smallest absolute Gasteiger partial charge is 0.121 e. The van der Waals surface area contributed by atoms with Gasteiger partial charge in [0.05, 0.1) is 16.7 Å². The van der Waals surface area contributed by atoms with Crippen LogP contribution in [0.3, 0.4) is 0 Å². The number of nitrogens with one attached hydrogen (secondary N) is 2. The Morgan fingerprint density at radius 1 is 1.09 bits per heavy atom. The van der Waals surface area contributed by atoms with Crippen molar-refractivity contribution in [3.63, 3.8) is 0 Å². The van der Waals surface area contributed by atoms with Crippen LogP contribution < -0.4 is 15.4 Å². The molecule has 0 saturated carbocycles. The normalized spacial score (nSPS) is 19.3. The van der Waals surface area contributed by atoms with Crippen LogP contribution in [0.25, 0.3) is 0 Å². The molecule has 0 aromatic heterocycles. The highest BCUT2D eigenvalue weighted by Gasteiger charge is 2.14. The summed E-state index contributed by atoms with van der Waals surface area (Å²) in [6.07, 6.45) is 4.11. The standard InChI is InChI=1S/C12H13ClN2O.C5H11NO/c13-12-7-11(2-1-9(12)8-14)16-10-3-5-15-6-4-10;7-5-1-3-6-4-2-5/h1-2,7,10,15H,3-6H2;5-7H,1-4H2. The van der Waals surface area contributed by atoms with Crippen molar-refractivity contribution in [3.8, 4) is 11.8 Å². The SMILES string of the molecule is N#Cc1ccc(OC2CCNCC2)cc1Cl.OC1CCNCC1. The molecule has 0 aliphatic carbocycles. The molecule has 6 heteroatoms. The minimum Gasteiger partial charge on any atom is -0.490 e. The monoisotopic (exact) mass is 337 g/mol. The molecule has 0 amide bonds. The molecule has 23 heavy (non-hydrogen) atoms. The van der Waals surface area contributed by atoms with Crippen molar-refractivity contribution >= 4 is 11.6 Å². The Bertz CT molecular complexity index is 521. The van der Waals surface area contributed by atoms with Crippen molar-refractivity contribution < 1.29 is 9.84 Å². The maximum absolute atomic E-state index is 8.87. The quantitative estimate of drug-likeness (QED) is 0.770. The van der Waals surface area contributed by atoms with Crippen LogP contribution in [-0.2, 0) is 0 Å². The van der Waals surface area contributed by atoms with Gasteiger partial charge in [-0.15, -0.1) is 0 Å². The molecule has 0 bridgehead atoms. The van der Waals surface area contributed by atoms with E-state index in [1.165, 1.54) is 0 Å². The predicted octanol–water partition coefficient (Wildman–Crippen LogP) is 2.07. The fourth-order valence-electron chi connectivity index (χ4n) is 2.57. The Balaban J connectivity index is 0.000000229. The van der Waals surface area contributed by atoms with E-state index in [9.17, 15) is 0 Å². The first-order valence-corrected chi connectivity index (χ1v) is 8.52. The summed E-state index contributed by atoms with van der Waals surface area (Å²) in [5.74, 6) is 0.746. The maximum atomic E-state index is 8.87. The average molecular weight is 338 g/mol. The lowest BCUT2D eigenvalue weighted by Crippen LogP contribution is -2.34. The van der Waals surface area contributed by atoms with Gasteiger partial charge in [0, 0.05) is 6.07 Å². The Morgan fingerprint density at radius 3 is 2.17 bits per heavy atom. The average Bonchev–Trinajstić information content (AvgIpc) is 2.57. The van der Waals surface area contributed by atoms with Gasteiger partial charge in [0.25, 0.3) is 0 Å². The summed E-state index contributed by atoms with van der Waals surface area (Å²) in [4.78, 5) is 0. The number of nitriles is 1. The van der Waals surface area contributed by atoms with Gasteiger partial charge in [-0.1, -0.05) is 11.6 Å². The number of aliphatic hydroxyl groups is 1. The van der Waals surface area contributed by atoms with Gasteiger partial charge in [-0.3, -0.25) is 0 Å². The van der Waals surface area contributed by atoms with Crippen LogP contribution in [0.15, 0.2) is 18.2 Å². The van der Waals surface area contributed by atoms with E-state index in [0.29, 0.717) is 10.6 Å². The highest BCUT2D eigenvalue weighted by molar-refractivity contribution is 6.31. The number of aliphatic hydroxyl groups excluding tert-OH is 1. The van der Waals surface area contributed by atoms with Crippen molar-refractivity contribution in [3.05, 3.63) is 28.8 Å². The molecule has 0 atom stereocenters. The van der Waals surface area contributed by atoms with E-state index in [4.69, 9.17) is 26.7 Å². The zero-order valence-electron chi connectivity index (χ0n) is 13.2. The summed E-state index contributed by atoms with van der Waals surface area (Å²) in [6.45, 7) is 3.96. The van der Waals surface area contributed by atoms with Gasteiger partial charge in [-0.05, 0) is 64.0 Å². The van der Waals surface area contributed by atoms with Crippen molar-refractivity contribution in [2.24, 2.45) is 0 Å². The fraction of sp³-hybridized carbons (Fsp3) is 0.588. The molecule has 2 aliphatic heterocycles. The molecule has 2 aliphatic rings. The van der Waals surface area contributed by atoms with E-state index in [1.54, 1.807) is 18.2 Å². The molecule has 1 aromatic rings. The van der Waals surface area contributed by atoms with E-state index in [-0.39, 0.29) is 12.2 Å². The largest absolute Gasteiger partial charge is 0.490 e. The van der Waals surface area contributed by atoms with Crippen LogP contribution in [0.2, 0.25) is 5.02 Å². The highest BCUT2D eigenvalue weighted by atomic mass is 35.5. The van der Waals surface area contributed by atoms with E-state index >= 15 is 0 Å². The molecule has 126 valence electrons. The van der Waals surface area contributed by atoms with Gasteiger partial charge in [0.1, 0.15) is 17.9 Å². The van der Waals surface area contributed by atoms with E-state index in [2.05, 4.69) is 10.6 Å². The number of benzene rings is 1. The summed E-state index contributed by atoms with van der Waals surface area (Å²) in [6, 6.07) is 7.23. The van der Waals surface area contributed by atoms with Gasteiger partial charge < -0.3 is 20.5 Å². The molecule has 2 heterocycles. The highest BCUT2D eigenvalue weighted by Crippen LogP contribution is 2.24. The number of piperidine rings is 2. The molecular formula is C17H24ClN3O2.